The fourth-order valence-electron chi connectivity index (χ4n) is 2.59. The number of nitrogens with one attached hydrogen (secondary N) is 1. The molecule has 16 heavy (non-hydrogen) atoms. The highest BCUT2D eigenvalue weighted by Crippen LogP contribution is 2.28. The van der Waals surface area contributed by atoms with Crippen molar-refractivity contribution < 1.29 is 4.39 Å². The summed E-state index contributed by atoms with van der Waals surface area (Å²) in [6.07, 6.45) is 6.69. The van der Waals surface area contributed by atoms with Crippen LogP contribution in [0.3, 0.4) is 0 Å². The normalized spacial score (nSPS) is 19.4. The first-order chi connectivity index (χ1) is 7.75. The second-order valence-corrected chi connectivity index (χ2v) is 4.84. The minimum Gasteiger partial charge on any atom is -0.382 e. The van der Waals surface area contributed by atoms with E-state index in [-0.39, 0.29) is 5.82 Å². The maximum atomic E-state index is 13.0. The lowest BCUT2D eigenvalue weighted by Gasteiger charge is -2.29. The van der Waals surface area contributed by atoms with Gasteiger partial charge in [-0.3, -0.25) is 0 Å². The molecule has 88 valence electrons. The van der Waals surface area contributed by atoms with Crippen LogP contribution in [0.5, 0.6) is 0 Å². The molecule has 1 aromatic carbocycles. The lowest BCUT2D eigenvalue weighted by atomic mass is 9.84. The fourth-order valence-corrected chi connectivity index (χ4v) is 2.59. The van der Waals surface area contributed by atoms with Gasteiger partial charge in [0.15, 0.2) is 0 Å². The summed E-state index contributed by atoms with van der Waals surface area (Å²) in [7, 11) is 0. The summed E-state index contributed by atoms with van der Waals surface area (Å²) in [5, 5.41) is 3.41. The Labute approximate surface area is 97.1 Å². The van der Waals surface area contributed by atoms with Gasteiger partial charge in [-0.25, -0.2) is 4.39 Å². The zero-order valence-electron chi connectivity index (χ0n) is 9.88. The highest BCUT2D eigenvalue weighted by molar-refractivity contribution is 5.43. The van der Waals surface area contributed by atoms with E-state index in [0.717, 1.165) is 11.6 Å². The molecule has 1 atom stereocenters. The topological polar surface area (TPSA) is 12.0 Å². The molecule has 0 spiro atoms. The van der Waals surface area contributed by atoms with Crippen LogP contribution in [0.25, 0.3) is 0 Å². The van der Waals surface area contributed by atoms with Gasteiger partial charge in [0, 0.05) is 11.7 Å². The molecule has 0 saturated heterocycles. The van der Waals surface area contributed by atoms with Gasteiger partial charge in [-0.2, -0.15) is 0 Å². The first-order valence-corrected chi connectivity index (χ1v) is 6.28. The molecule has 1 unspecified atom stereocenters. The molecule has 0 radical (unpaired) electrons. The quantitative estimate of drug-likeness (QED) is 0.806. The summed E-state index contributed by atoms with van der Waals surface area (Å²) in [4.78, 5) is 0. The largest absolute Gasteiger partial charge is 0.382 e. The van der Waals surface area contributed by atoms with Crippen molar-refractivity contribution in [3.05, 3.63) is 30.1 Å². The van der Waals surface area contributed by atoms with Crippen molar-refractivity contribution in [3.8, 4) is 0 Å². The number of anilines is 1. The van der Waals surface area contributed by atoms with Crippen molar-refractivity contribution >= 4 is 5.69 Å². The molecular weight excluding hydrogens is 201 g/mol. The van der Waals surface area contributed by atoms with E-state index < -0.39 is 0 Å². The molecule has 0 aromatic heterocycles. The predicted molar refractivity (Wildman–Crippen MR) is 66.1 cm³/mol. The molecule has 2 rings (SSSR count). The van der Waals surface area contributed by atoms with Crippen LogP contribution < -0.4 is 5.32 Å². The van der Waals surface area contributed by atoms with E-state index >= 15 is 0 Å². The SMILES string of the molecule is CC(Nc1cccc(F)c1)C1CCCCC1. The fraction of sp³-hybridized carbons (Fsp3) is 0.571. The molecule has 0 amide bonds. The lowest BCUT2D eigenvalue weighted by Crippen LogP contribution is -2.27. The number of halogens is 1. The van der Waals surface area contributed by atoms with Gasteiger partial charge < -0.3 is 5.32 Å². The van der Waals surface area contributed by atoms with Crippen LogP contribution >= 0.6 is 0 Å². The van der Waals surface area contributed by atoms with Crippen molar-refractivity contribution in [1.29, 1.82) is 0 Å². The second-order valence-electron chi connectivity index (χ2n) is 4.84. The zero-order chi connectivity index (χ0) is 11.4. The Kier molecular flexibility index (Phi) is 3.81. The first-order valence-electron chi connectivity index (χ1n) is 6.28. The number of benzene rings is 1. The van der Waals surface area contributed by atoms with Crippen LogP contribution in [0.2, 0.25) is 0 Å². The summed E-state index contributed by atoms with van der Waals surface area (Å²) in [6.45, 7) is 2.21. The summed E-state index contributed by atoms with van der Waals surface area (Å²) >= 11 is 0. The maximum Gasteiger partial charge on any atom is 0.125 e. The molecule has 1 N–H and O–H groups in total. The van der Waals surface area contributed by atoms with E-state index in [1.165, 1.54) is 38.2 Å². The molecule has 1 nitrogen and oxygen atoms in total. The number of hydrogen-bond donors (Lipinski definition) is 1. The van der Waals surface area contributed by atoms with Gasteiger partial charge in [-0.05, 0) is 43.9 Å². The van der Waals surface area contributed by atoms with Gasteiger partial charge in [0.05, 0.1) is 0 Å². The van der Waals surface area contributed by atoms with Crippen molar-refractivity contribution in [3.63, 3.8) is 0 Å². The second kappa shape index (κ2) is 5.33. The van der Waals surface area contributed by atoms with Crippen LogP contribution in [0, 0.1) is 11.7 Å². The Bertz CT molecular complexity index is 331. The van der Waals surface area contributed by atoms with Gasteiger partial charge in [0.25, 0.3) is 0 Å². The van der Waals surface area contributed by atoms with E-state index in [1.807, 2.05) is 6.07 Å². The van der Waals surface area contributed by atoms with Gasteiger partial charge in [-0.1, -0.05) is 25.3 Å². The van der Waals surface area contributed by atoms with Crippen molar-refractivity contribution in [2.24, 2.45) is 5.92 Å². The average Bonchev–Trinajstić information content (AvgIpc) is 2.30. The average molecular weight is 221 g/mol. The van der Waals surface area contributed by atoms with Gasteiger partial charge in [0.2, 0.25) is 0 Å². The molecular formula is C14H20FN. The Hall–Kier alpha value is -1.05. The molecule has 2 heteroatoms. The summed E-state index contributed by atoms with van der Waals surface area (Å²) in [5.41, 5.74) is 0.901. The van der Waals surface area contributed by atoms with Crippen LogP contribution in [0.15, 0.2) is 24.3 Å². The molecule has 1 aromatic rings. The van der Waals surface area contributed by atoms with Gasteiger partial charge >= 0.3 is 0 Å². The molecule has 1 aliphatic rings. The third-order valence-electron chi connectivity index (χ3n) is 3.58. The third kappa shape index (κ3) is 2.97. The standard InChI is InChI=1S/C14H20FN/c1-11(12-6-3-2-4-7-12)16-14-9-5-8-13(15)10-14/h5,8-12,16H,2-4,6-7H2,1H3. The van der Waals surface area contributed by atoms with Gasteiger partial charge in [-0.15, -0.1) is 0 Å². The van der Waals surface area contributed by atoms with Crippen LogP contribution in [-0.4, -0.2) is 6.04 Å². The molecule has 1 saturated carbocycles. The Morgan fingerprint density at radius 1 is 1.25 bits per heavy atom. The first kappa shape index (κ1) is 11.4. The van der Waals surface area contributed by atoms with Crippen LogP contribution in [0.1, 0.15) is 39.0 Å². The minimum absolute atomic E-state index is 0.166. The summed E-state index contributed by atoms with van der Waals surface area (Å²) in [6, 6.07) is 7.19. The van der Waals surface area contributed by atoms with E-state index in [2.05, 4.69) is 12.2 Å². The third-order valence-corrected chi connectivity index (χ3v) is 3.58. The molecule has 1 fully saturated rings. The van der Waals surface area contributed by atoms with E-state index in [1.54, 1.807) is 12.1 Å². The van der Waals surface area contributed by atoms with Crippen LogP contribution in [-0.2, 0) is 0 Å². The molecule has 0 aliphatic heterocycles. The van der Waals surface area contributed by atoms with E-state index in [0.29, 0.717) is 6.04 Å². The zero-order valence-corrected chi connectivity index (χ0v) is 9.88. The lowest BCUT2D eigenvalue weighted by molar-refractivity contribution is 0.328. The predicted octanol–water partition coefficient (Wildman–Crippen LogP) is 4.21. The molecule has 0 bridgehead atoms. The Morgan fingerprint density at radius 3 is 2.69 bits per heavy atom. The summed E-state index contributed by atoms with van der Waals surface area (Å²) < 4.78 is 13.0. The van der Waals surface area contributed by atoms with E-state index in [4.69, 9.17) is 0 Å². The van der Waals surface area contributed by atoms with Crippen molar-refractivity contribution in [1.82, 2.24) is 0 Å². The summed E-state index contributed by atoms with van der Waals surface area (Å²) in [5.74, 6) is 0.581. The van der Waals surface area contributed by atoms with Crippen LogP contribution in [0.4, 0.5) is 10.1 Å². The van der Waals surface area contributed by atoms with Crippen molar-refractivity contribution in [2.45, 2.75) is 45.1 Å². The monoisotopic (exact) mass is 221 g/mol. The molecule has 0 heterocycles. The minimum atomic E-state index is -0.166. The Morgan fingerprint density at radius 2 is 2.00 bits per heavy atom. The highest BCUT2D eigenvalue weighted by atomic mass is 19.1. The van der Waals surface area contributed by atoms with E-state index in [9.17, 15) is 4.39 Å². The number of hydrogen-bond acceptors (Lipinski definition) is 1. The maximum absolute atomic E-state index is 13.0. The van der Waals surface area contributed by atoms with Gasteiger partial charge in [0.1, 0.15) is 5.82 Å². The highest BCUT2D eigenvalue weighted by Gasteiger charge is 2.19. The van der Waals surface area contributed by atoms with Crippen molar-refractivity contribution in [2.75, 3.05) is 5.32 Å². The number of rotatable bonds is 3. The Balaban J connectivity index is 1.93. The molecule has 1 aliphatic carbocycles. The smallest absolute Gasteiger partial charge is 0.125 e.